The zero-order valence-corrected chi connectivity index (χ0v) is 10.8. The highest BCUT2D eigenvalue weighted by atomic mass is 79.9. The molecule has 3 nitrogen and oxygen atoms in total. The lowest BCUT2D eigenvalue weighted by Crippen LogP contribution is -2.16. The number of esters is 1. The van der Waals surface area contributed by atoms with Crippen molar-refractivity contribution in [3.63, 3.8) is 0 Å². The molecule has 1 rings (SSSR count). The lowest BCUT2D eigenvalue weighted by molar-refractivity contribution is -0.144. The van der Waals surface area contributed by atoms with Crippen LogP contribution in [0.5, 0.6) is 0 Å². The lowest BCUT2D eigenvalue weighted by Gasteiger charge is -2.07. The van der Waals surface area contributed by atoms with Gasteiger partial charge in [-0.1, -0.05) is 35.0 Å². The van der Waals surface area contributed by atoms with Crippen molar-refractivity contribution in [2.24, 2.45) is 5.92 Å². The Bertz CT molecular complexity index is 384. The molecule has 4 heteroatoms. The minimum absolute atomic E-state index is 0.0506. The van der Waals surface area contributed by atoms with Crippen molar-refractivity contribution >= 4 is 27.7 Å². The van der Waals surface area contributed by atoms with Crippen molar-refractivity contribution in [1.29, 1.82) is 0 Å². The van der Waals surface area contributed by atoms with E-state index in [4.69, 9.17) is 0 Å². The Labute approximate surface area is 103 Å². The summed E-state index contributed by atoms with van der Waals surface area (Å²) in [6.45, 7) is 1.68. The van der Waals surface area contributed by atoms with Crippen molar-refractivity contribution in [1.82, 2.24) is 0 Å². The number of benzene rings is 1. The topological polar surface area (TPSA) is 43.4 Å². The molecule has 1 aromatic rings. The van der Waals surface area contributed by atoms with Crippen LogP contribution in [0.25, 0.3) is 0 Å². The van der Waals surface area contributed by atoms with Crippen LogP contribution in [0.3, 0.4) is 0 Å². The zero-order valence-electron chi connectivity index (χ0n) is 9.20. The van der Waals surface area contributed by atoms with Gasteiger partial charge in [0.05, 0.1) is 13.0 Å². The first-order chi connectivity index (χ1) is 7.54. The Hall–Kier alpha value is -1.16. The van der Waals surface area contributed by atoms with Gasteiger partial charge < -0.3 is 4.74 Å². The van der Waals surface area contributed by atoms with Crippen molar-refractivity contribution < 1.29 is 14.3 Å². The van der Waals surface area contributed by atoms with Gasteiger partial charge in [-0.15, -0.1) is 0 Å². The molecule has 0 heterocycles. The monoisotopic (exact) mass is 284 g/mol. The van der Waals surface area contributed by atoms with Crippen LogP contribution in [0.1, 0.15) is 23.7 Å². The number of rotatable bonds is 4. The maximum absolute atomic E-state index is 11.8. The fourth-order valence-corrected chi connectivity index (χ4v) is 1.58. The Balaban J connectivity index is 2.65. The maximum Gasteiger partial charge on any atom is 0.308 e. The van der Waals surface area contributed by atoms with E-state index in [2.05, 4.69) is 20.7 Å². The summed E-state index contributed by atoms with van der Waals surface area (Å²) in [6.07, 6.45) is 0.175. The normalized spacial score (nSPS) is 11.9. The van der Waals surface area contributed by atoms with Crippen LogP contribution in [0, 0.1) is 5.92 Å². The average molecular weight is 285 g/mol. The first-order valence-corrected chi connectivity index (χ1v) is 5.70. The molecule has 0 aromatic heterocycles. The molecule has 16 heavy (non-hydrogen) atoms. The Morgan fingerprint density at radius 2 is 1.88 bits per heavy atom. The number of carbonyl (C=O) groups is 2. The molecule has 1 atom stereocenters. The van der Waals surface area contributed by atoms with Crippen LogP contribution in [0.4, 0.5) is 0 Å². The molecule has 0 aliphatic carbocycles. The first kappa shape index (κ1) is 12.9. The number of hydrogen-bond donors (Lipinski definition) is 0. The Kier molecular flexibility index (Phi) is 4.68. The van der Waals surface area contributed by atoms with Gasteiger partial charge in [0.15, 0.2) is 5.78 Å². The SMILES string of the molecule is COC(=O)C(C)CC(=O)c1ccc(Br)cc1. The molecular weight excluding hydrogens is 272 g/mol. The number of ketones is 1. The smallest absolute Gasteiger partial charge is 0.308 e. The zero-order chi connectivity index (χ0) is 12.1. The Morgan fingerprint density at radius 1 is 1.31 bits per heavy atom. The summed E-state index contributed by atoms with van der Waals surface area (Å²) in [5.41, 5.74) is 0.610. The van der Waals surface area contributed by atoms with Crippen LogP contribution in [-0.2, 0) is 9.53 Å². The largest absolute Gasteiger partial charge is 0.469 e. The van der Waals surface area contributed by atoms with Gasteiger partial charge in [0.2, 0.25) is 0 Å². The van der Waals surface area contributed by atoms with Crippen LogP contribution >= 0.6 is 15.9 Å². The molecule has 1 unspecified atom stereocenters. The molecule has 0 radical (unpaired) electrons. The van der Waals surface area contributed by atoms with Gasteiger partial charge in [-0.2, -0.15) is 0 Å². The van der Waals surface area contributed by atoms with Crippen molar-refractivity contribution in [2.75, 3.05) is 7.11 Å². The molecule has 0 bridgehead atoms. The summed E-state index contributed by atoms with van der Waals surface area (Å²) in [6, 6.07) is 7.07. The van der Waals surface area contributed by atoms with Gasteiger partial charge in [-0.25, -0.2) is 0 Å². The second-order valence-corrected chi connectivity index (χ2v) is 4.47. The van der Waals surface area contributed by atoms with Gasteiger partial charge >= 0.3 is 5.97 Å². The number of Topliss-reactive ketones (excluding diaryl/α,β-unsaturated/α-hetero) is 1. The third-order valence-electron chi connectivity index (χ3n) is 2.26. The van der Waals surface area contributed by atoms with Gasteiger partial charge in [-0.3, -0.25) is 9.59 Å². The average Bonchev–Trinajstić information content (AvgIpc) is 2.28. The molecule has 0 spiro atoms. The predicted molar refractivity (Wildman–Crippen MR) is 64.3 cm³/mol. The highest BCUT2D eigenvalue weighted by Gasteiger charge is 2.18. The minimum atomic E-state index is -0.402. The van der Waals surface area contributed by atoms with E-state index in [-0.39, 0.29) is 18.2 Å². The van der Waals surface area contributed by atoms with Crippen LogP contribution < -0.4 is 0 Å². The van der Waals surface area contributed by atoms with Gasteiger partial charge in [0, 0.05) is 16.5 Å². The molecule has 0 N–H and O–H groups in total. The lowest BCUT2D eigenvalue weighted by atomic mass is 10.00. The second-order valence-electron chi connectivity index (χ2n) is 3.56. The summed E-state index contributed by atoms with van der Waals surface area (Å²) in [4.78, 5) is 22.9. The van der Waals surface area contributed by atoms with E-state index >= 15 is 0 Å². The standard InChI is InChI=1S/C12H13BrO3/c1-8(12(15)16-2)7-11(14)9-3-5-10(13)6-4-9/h3-6,8H,7H2,1-2H3. The summed E-state index contributed by atoms with van der Waals surface area (Å²) in [7, 11) is 1.32. The van der Waals surface area contributed by atoms with E-state index in [1.54, 1.807) is 31.2 Å². The van der Waals surface area contributed by atoms with Crippen molar-refractivity contribution in [3.05, 3.63) is 34.3 Å². The number of halogens is 1. The fraction of sp³-hybridized carbons (Fsp3) is 0.333. The van der Waals surface area contributed by atoms with Crippen LogP contribution in [0.2, 0.25) is 0 Å². The van der Waals surface area contributed by atoms with E-state index < -0.39 is 5.92 Å². The van der Waals surface area contributed by atoms with Gasteiger partial charge in [0.25, 0.3) is 0 Å². The number of carbonyl (C=O) groups excluding carboxylic acids is 2. The van der Waals surface area contributed by atoms with E-state index in [0.717, 1.165) is 4.47 Å². The van der Waals surface area contributed by atoms with E-state index in [0.29, 0.717) is 5.56 Å². The number of hydrogen-bond acceptors (Lipinski definition) is 3. The van der Waals surface area contributed by atoms with Crippen LogP contribution in [0.15, 0.2) is 28.7 Å². The highest BCUT2D eigenvalue weighted by molar-refractivity contribution is 9.10. The second kappa shape index (κ2) is 5.80. The quantitative estimate of drug-likeness (QED) is 0.631. The van der Waals surface area contributed by atoms with Crippen molar-refractivity contribution in [3.8, 4) is 0 Å². The fourth-order valence-electron chi connectivity index (χ4n) is 1.32. The summed E-state index contributed by atoms with van der Waals surface area (Å²) in [5.74, 6) is -0.808. The Morgan fingerprint density at radius 3 is 2.38 bits per heavy atom. The molecule has 86 valence electrons. The molecule has 0 aliphatic rings. The molecule has 0 fully saturated rings. The first-order valence-electron chi connectivity index (χ1n) is 4.91. The van der Waals surface area contributed by atoms with E-state index in [1.165, 1.54) is 7.11 Å². The van der Waals surface area contributed by atoms with Gasteiger partial charge in [0.1, 0.15) is 0 Å². The highest BCUT2D eigenvalue weighted by Crippen LogP contribution is 2.14. The molecule has 0 saturated carbocycles. The van der Waals surface area contributed by atoms with Crippen molar-refractivity contribution in [2.45, 2.75) is 13.3 Å². The summed E-state index contributed by atoms with van der Waals surface area (Å²) < 4.78 is 5.49. The summed E-state index contributed by atoms with van der Waals surface area (Å²) >= 11 is 3.29. The molecule has 0 aliphatic heterocycles. The maximum atomic E-state index is 11.8. The molecular formula is C12H13BrO3. The minimum Gasteiger partial charge on any atom is -0.469 e. The molecule has 0 saturated heterocycles. The molecule has 0 amide bonds. The van der Waals surface area contributed by atoms with Gasteiger partial charge in [-0.05, 0) is 12.1 Å². The third-order valence-corrected chi connectivity index (χ3v) is 2.79. The third kappa shape index (κ3) is 3.45. The van der Waals surface area contributed by atoms with E-state index in [9.17, 15) is 9.59 Å². The van der Waals surface area contributed by atoms with E-state index in [1.807, 2.05) is 0 Å². The predicted octanol–water partition coefficient (Wildman–Crippen LogP) is 2.83. The van der Waals surface area contributed by atoms with Crippen LogP contribution in [-0.4, -0.2) is 18.9 Å². The molecule has 1 aromatic carbocycles. The number of ether oxygens (including phenoxy) is 1. The summed E-state index contributed by atoms with van der Waals surface area (Å²) in [5, 5.41) is 0. The number of methoxy groups -OCH3 is 1.